The van der Waals surface area contributed by atoms with Crippen molar-refractivity contribution in [3.8, 4) is 0 Å². The molecule has 2 aliphatic heterocycles. The minimum atomic E-state index is 0.653. The van der Waals surface area contributed by atoms with Crippen molar-refractivity contribution in [3.05, 3.63) is 28.8 Å². The normalized spacial score (nSPS) is 24.1. The van der Waals surface area contributed by atoms with Crippen molar-refractivity contribution in [2.45, 2.75) is 38.5 Å². The molecule has 2 aromatic rings. The second-order valence-electron chi connectivity index (χ2n) is 7.24. The summed E-state index contributed by atoms with van der Waals surface area (Å²) in [4.78, 5) is 12.2. The van der Waals surface area contributed by atoms with Gasteiger partial charge in [0.2, 0.25) is 0 Å². The number of thiazole rings is 1. The monoisotopic (exact) mass is 327 g/mol. The van der Waals surface area contributed by atoms with E-state index in [0.29, 0.717) is 5.92 Å². The lowest BCUT2D eigenvalue weighted by atomic mass is 9.96. The quantitative estimate of drug-likeness (QED) is 0.821. The molecule has 0 saturated carbocycles. The standard InChI is InChI=1S/C19H25N3S/c1-13-3-5-16(20-12-13)15-4-6-18-17(11-15)21-19(23-18)14-7-9-22(2)10-8-14/h4,6,11,13-14H,3,5,7-10,12H2,1-2H3. The van der Waals surface area contributed by atoms with Gasteiger partial charge >= 0.3 is 0 Å². The maximum Gasteiger partial charge on any atom is 0.0970 e. The molecule has 23 heavy (non-hydrogen) atoms. The molecule has 3 nitrogen and oxygen atoms in total. The van der Waals surface area contributed by atoms with E-state index in [4.69, 9.17) is 9.98 Å². The fraction of sp³-hybridized carbons (Fsp3) is 0.579. The average molecular weight is 327 g/mol. The zero-order valence-corrected chi connectivity index (χ0v) is 14.9. The van der Waals surface area contributed by atoms with Crippen molar-refractivity contribution in [2.24, 2.45) is 10.9 Å². The predicted octanol–water partition coefficient (Wildman–Crippen LogP) is 4.32. The molecule has 2 aliphatic rings. The highest BCUT2D eigenvalue weighted by molar-refractivity contribution is 7.18. The van der Waals surface area contributed by atoms with Gasteiger partial charge in [-0.15, -0.1) is 11.3 Å². The molecule has 4 rings (SSSR count). The van der Waals surface area contributed by atoms with Gasteiger partial charge < -0.3 is 4.90 Å². The first-order valence-corrected chi connectivity index (χ1v) is 9.63. The number of hydrogen-bond donors (Lipinski definition) is 0. The Morgan fingerprint density at radius 2 is 2.00 bits per heavy atom. The molecule has 1 fully saturated rings. The van der Waals surface area contributed by atoms with Crippen LogP contribution in [0.25, 0.3) is 10.2 Å². The van der Waals surface area contributed by atoms with Crippen molar-refractivity contribution in [1.82, 2.24) is 9.88 Å². The van der Waals surface area contributed by atoms with Gasteiger partial charge in [-0.1, -0.05) is 13.0 Å². The van der Waals surface area contributed by atoms with Crippen LogP contribution in [-0.4, -0.2) is 42.3 Å². The Morgan fingerprint density at radius 1 is 1.17 bits per heavy atom. The molecule has 0 spiro atoms. The van der Waals surface area contributed by atoms with Crippen LogP contribution in [0.4, 0.5) is 0 Å². The third-order valence-corrected chi connectivity index (χ3v) is 6.47. The Balaban J connectivity index is 1.60. The molecule has 1 unspecified atom stereocenters. The number of aromatic nitrogens is 1. The van der Waals surface area contributed by atoms with E-state index in [9.17, 15) is 0 Å². The third-order valence-electron chi connectivity index (χ3n) is 5.27. The molecule has 0 radical (unpaired) electrons. The van der Waals surface area contributed by atoms with E-state index in [0.717, 1.165) is 18.9 Å². The van der Waals surface area contributed by atoms with Crippen LogP contribution in [0.15, 0.2) is 23.2 Å². The van der Waals surface area contributed by atoms with E-state index in [2.05, 4.69) is 37.1 Å². The van der Waals surface area contributed by atoms with Gasteiger partial charge in [0.05, 0.1) is 15.2 Å². The smallest absolute Gasteiger partial charge is 0.0970 e. The van der Waals surface area contributed by atoms with E-state index in [1.807, 2.05) is 11.3 Å². The third kappa shape index (κ3) is 3.20. The molecule has 0 amide bonds. The lowest BCUT2D eigenvalue weighted by Gasteiger charge is -2.27. The molecule has 4 heteroatoms. The van der Waals surface area contributed by atoms with Gasteiger partial charge in [-0.05, 0) is 69.4 Å². The summed E-state index contributed by atoms with van der Waals surface area (Å²) < 4.78 is 1.33. The van der Waals surface area contributed by atoms with E-state index in [-0.39, 0.29) is 0 Å². The van der Waals surface area contributed by atoms with Crippen molar-refractivity contribution in [1.29, 1.82) is 0 Å². The number of likely N-dealkylation sites (tertiary alicyclic amines) is 1. The topological polar surface area (TPSA) is 28.5 Å². The highest BCUT2D eigenvalue weighted by Crippen LogP contribution is 2.34. The molecule has 1 atom stereocenters. The maximum atomic E-state index is 4.98. The second-order valence-corrected chi connectivity index (χ2v) is 8.31. The highest BCUT2D eigenvalue weighted by atomic mass is 32.1. The van der Waals surface area contributed by atoms with E-state index in [1.165, 1.54) is 58.9 Å². The van der Waals surface area contributed by atoms with Crippen LogP contribution < -0.4 is 0 Å². The lowest BCUT2D eigenvalue weighted by molar-refractivity contribution is 0.255. The Kier molecular flexibility index (Phi) is 4.20. The first-order valence-electron chi connectivity index (χ1n) is 8.82. The molecule has 0 aliphatic carbocycles. The van der Waals surface area contributed by atoms with Crippen LogP contribution in [0.3, 0.4) is 0 Å². The van der Waals surface area contributed by atoms with Crippen LogP contribution in [0.2, 0.25) is 0 Å². The number of hydrogen-bond acceptors (Lipinski definition) is 4. The summed E-state index contributed by atoms with van der Waals surface area (Å²) in [5.74, 6) is 1.39. The van der Waals surface area contributed by atoms with Crippen LogP contribution >= 0.6 is 11.3 Å². The molecule has 1 aromatic heterocycles. The number of nitrogens with zero attached hydrogens (tertiary/aromatic N) is 3. The number of fused-ring (bicyclic) bond motifs is 1. The Hall–Kier alpha value is -1.26. The number of aliphatic imine (C=N–C) groups is 1. The predicted molar refractivity (Wildman–Crippen MR) is 98.9 cm³/mol. The van der Waals surface area contributed by atoms with Gasteiger partial charge in [-0.25, -0.2) is 4.98 Å². The van der Waals surface area contributed by atoms with Gasteiger partial charge in [0.25, 0.3) is 0 Å². The average Bonchev–Trinajstić information content (AvgIpc) is 2.99. The van der Waals surface area contributed by atoms with Crippen molar-refractivity contribution >= 4 is 27.3 Å². The molecule has 122 valence electrons. The van der Waals surface area contributed by atoms with E-state index < -0.39 is 0 Å². The van der Waals surface area contributed by atoms with Gasteiger partial charge in [-0.3, -0.25) is 4.99 Å². The fourth-order valence-corrected chi connectivity index (χ4v) is 4.73. The Labute approximate surface area is 142 Å². The molecule has 1 saturated heterocycles. The summed E-state index contributed by atoms with van der Waals surface area (Å²) in [5.41, 5.74) is 3.73. The Bertz CT molecular complexity index is 725. The van der Waals surface area contributed by atoms with Crippen molar-refractivity contribution in [3.63, 3.8) is 0 Å². The zero-order valence-electron chi connectivity index (χ0n) is 14.1. The molecular weight excluding hydrogens is 302 g/mol. The number of rotatable bonds is 2. The van der Waals surface area contributed by atoms with Gasteiger partial charge in [0, 0.05) is 18.2 Å². The van der Waals surface area contributed by atoms with E-state index in [1.54, 1.807) is 0 Å². The summed E-state index contributed by atoms with van der Waals surface area (Å²) in [6, 6.07) is 6.76. The Morgan fingerprint density at radius 3 is 2.74 bits per heavy atom. The summed E-state index contributed by atoms with van der Waals surface area (Å²) in [6.45, 7) is 5.66. The van der Waals surface area contributed by atoms with Gasteiger partial charge in [0.1, 0.15) is 0 Å². The molecular formula is C19H25N3S. The number of piperidine rings is 1. The lowest BCUT2D eigenvalue weighted by Crippen LogP contribution is -2.29. The maximum absolute atomic E-state index is 4.98. The van der Waals surface area contributed by atoms with Gasteiger partial charge in [0.15, 0.2) is 0 Å². The first kappa shape index (κ1) is 15.3. The van der Waals surface area contributed by atoms with Gasteiger partial charge in [-0.2, -0.15) is 0 Å². The zero-order chi connectivity index (χ0) is 15.8. The summed E-state index contributed by atoms with van der Waals surface area (Å²) >= 11 is 1.89. The first-order chi connectivity index (χ1) is 11.2. The SMILES string of the molecule is CC1CCC(c2ccc3sc(C4CCN(C)CC4)nc3c2)=NC1. The molecule has 0 bridgehead atoms. The second kappa shape index (κ2) is 6.33. The molecule has 0 N–H and O–H groups in total. The van der Waals surface area contributed by atoms with E-state index >= 15 is 0 Å². The summed E-state index contributed by atoms with van der Waals surface area (Å²) in [6.07, 6.45) is 4.86. The van der Waals surface area contributed by atoms with Crippen LogP contribution in [-0.2, 0) is 0 Å². The molecule has 3 heterocycles. The highest BCUT2D eigenvalue weighted by Gasteiger charge is 2.22. The van der Waals surface area contributed by atoms with Crippen LogP contribution in [0.1, 0.15) is 49.1 Å². The largest absolute Gasteiger partial charge is 0.306 e. The van der Waals surface area contributed by atoms with Crippen LogP contribution in [0, 0.1) is 5.92 Å². The minimum absolute atomic E-state index is 0.653. The number of benzene rings is 1. The minimum Gasteiger partial charge on any atom is -0.306 e. The van der Waals surface area contributed by atoms with Crippen LogP contribution in [0.5, 0.6) is 0 Å². The van der Waals surface area contributed by atoms with Crippen molar-refractivity contribution < 1.29 is 0 Å². The summed E-state index contributed by atoms with van der Waals surface area (Å²) in [5, 5.41) is 1.34. The fourth-order valence-electron chi connectivity index (χ4n) is 3.61. The summed E-state index contributed by atoms with van der Waals surface area (Å²) in [7, 11) is 2.21. The van der Waals surface area contributed by atoms with Crippen molar-refractivity contribution in [2.75, 3.05) is 26.7 Å². The molecule has 1 aromatic carbocycles.